The van der Waals surface area contributed by atoms with Crippen molar-refractivity contribution in [3.8, 4) is 17.3 Å². The zero-order valence-electron chi connectivity index (χ0n) is 18.2. The van der Waals surface area contributed by atoms with Gasteiger partial charge in [0.25, 0.3) is 5.91 Å². The number of benzene rings is 2. The molecule has 0 spiro atoms. The van der Waals surface area contributed by atoms with Gasteiger partial charge in [-0.25, -0.2) is 19.3 Å². The molecule has 0 aliphatic carbocycles. The predicted molar refractivity (Wildman–Crippen MR) is 122 cm³/mol. The highest BCUT2D eigenvalue weighted by Crippen LogP contribution is 2.22. The summed E-state index contributed by atoms with van der Waals surface area (Å²) in [7, 11) is 0. The van der Waals surface area contributed by atoms with Crippen LogP contribution in [0.5, 0.6) is 11.5 Å². The number of carbonyl (C=O) groups excluding carboxylic acids is 1. The summed E-state index contributed by atoms with van der Waals surface area (Å²) < 4.78 is 20.6. The van der Waals surface area contributed by atoms with Gasteiger partial charge >= 0.3 is 0 Å². The Morgan fingerprint density at radius 3 is 2.61 bits per heavy atom. The fraction of sp³-hybridized carbons (Fsp3) is 0.167. The number of hydrogen-bond acceptors (Lipinski definition) is 6. The normalized spacial score (nSPS) is 10.6. The van der Waals surface area contributed by atoms with Gasteiger partial charge in [0, 0.05) is 37.1 Å². The van der Waals surface area contributed by atoms with Gasteiger partial charge in [-0.05, 0) is 56.3 Å². The van der Waals surface area contributed by atoms with E-state index in [1.807, 2.05) is 30.7 Å². The number of nitrogens with zero attached hydrogens (tertiary/aromatic N) is 4. The summed E-state index contributed by atoms with van der Waals surface area (Å²) in [5.74, 6) is 3.26. The summed E-state index contributed by atoms with van der Waals surface area (Å²) in [6, 6.07) is 14.3. The van der Waals surface area contributed by atoms with Crippen LogP contribution in [0.3, 0.4) is 0 Å². The average Bonchev–Trinajstić information content (AvgIpc) is 3.24. The lowest BCUT2D eigenvalue weighted by atomic mass is 10.2. The molecule has 168 valence electrons. The Morgan fingerprint density at radius 2 is 1.85 bits per heavy atom. The molecule has 0 radical (unpaired) electrons. The molecule has 9 heteroatoms. The number of aryl methyl sites for hydroxylation is 2. The first-order chi connectivity index (χ1) is 16.0. The molecule has 2 heterocycles. The van der Waals surface area contributed by atoms with Crippen molar-refractivity contribution in [2.75, 3.05) is 18.4 Å². The third kappa shape index (κ3) is 5.70. The highest BCUT2D eigenvalue weighted by atomic mass is 19.1. The molecule has 4 rings (SSSR count). The lowest BCUT2D eigenvalue weighted by molar-refractivity contribution is 0.0955. The molecular weight excluding hydrogens is 423 g/mol. The number of hydrogen-bond donors (Lipinski definition) is 2. The molecule has 8 nitrogen and oxygen atoms in total. The number of aromatic nitrogens is 4. The fourth-order valence-electron chi connectivity index (χ4n) is 3.19. The number of imidazole rings is 1. The summed E-state index contributed by atoms with van der Waals surface area (Å²) >= 11 is 0. The maximum absolute atomic E-state index is 13.0. The van der Waals surface area contributed by atoms with E-state index in [1.54, 1.807) is 30.5 Å². The molecule has 0 aliphatic rings. The number of amides is 1. The Bertz CT molecular complexity index is 1260. The van der Waals surface area contributed by atoms with Gasteiger partial charge in [-0.1, -0.05) is 6.07 Å². The monoisotopic (exact) mass is 446 g/mol. The Hall–Kier alpha value is -4.27. The van der Waals surface area contributed by atoms with Crippen LogP contribution in [0, 0.1) is 19.7 Å². The van der Waals surface area contributed by atoms with Crippen molar-refractivity contribution in [2.45, 2.75) is 13.8 Å². The number of rotatable bonds is 8. The smallest absolute Gasteiger partial charge is 0.251 e. The average molecular weight is 446 g/mol. The molecule has 2 N–H and O–H groups in total. The highest BCUT2D eigenvalue weighted by Gasteiger charge is 2.09. The predicted octanol–water partition coefficient (Wildman–Crippen LogP) is 4.05. The van der Waals surface area contributed by atoms with Crippen molar-refractivity contribution in [2.24, 2.45) is 0 Å². The lowest BCUT2D eigenvalue weighted by Crippen LogP contribution is -2.29. The molecule has 4 aromatic rings. The van der Waals surface area contributed by atoms with Crippen molar-refractivity contribution >= 4 is 11.7 Å². The molecule has 2 aromatic heterocycles. The van der Waals surface area contributed by atoms with Crippen LogP contribution in [0.2, 0.25) is 0 Å². The second kappa shape index (κ2) is 9.90. The first-order valence-corrected chi connectivity index (χ1v) is 10.4. The quantitative estimate of drug-likeness (QED) is 0.397. The first-order valence-electron chi connectivity index (χ1n) is 10.4. The van der Waals surface area contributed by atoms with Gasteiger partial charge in [0.1, 0.15) is 40.6 Å². The minimum Gasteiger partial charge on any atom is -0.457 e. The molecule has 0 bridgehead atoms. The second-order valence-electron chi connectivity index (χ2n) is 7.27. The molecule has 2 aromatic carbocycles. The van der Waals surface area contributed by atoms with Crippen LogP contribution in [-0.2, 0) is 0 Å². The summed E-state index contributed by atoms with van der Waals surface area (Å²) in [5.41, 5.74) is 0.463. The number of ether oxygens (including phenoxy) is 1. The van der Waals surface area contributed by atoms with Gasteiger partial charge in [-0.15, -0.1) is 0 Å². The minimum atomic E-state index is -0.339. The van der Waals surface area contributed by atoms with E-state index in [1.165, 1.54) is 24.3 Å². The Kier molecular flexibility index (Phi) is 6.58. The summed E-state index contributed by atoms with van der Waals surface area (Å²) in [5, 5.41) is 6.08. The molecule has 0 saturated heterocycles. The minimum absolute atomic E-state index is 0.227. The Balaban J connectivity index is 1.31. The van der Waals surface area contributed by atoms with E-state index < -0.39 is 0 Å². The number of nitrogens with one attached hydrogen (secondary N) is 2. The third-order valence-electron chi connectivity index (χ3n) is 4.76. The Morgan fingerprint density at radius 1 is 1.03 bits per heavy atom. The number of halogens is 1. The summed E-state index contributed by atoms with van der Waals surface area (Å²) in [6.07, 6.45) is 3.56. The SMILES string of the molecule is Cc1nc(NCCNC(=O)c2cccc(Oc3ccc(F)cc3)c2)cc(-n2ccnc2C)n1. The number of carbonyl (C=O) groups is 1. The van der Waals surface area contributed by atoms with E-state index >= 15 is 0 Å². The standard InChI is InChI=1S/C24H23FN6O2/c1-16-29-22(15-23(30-16)31-13-12-26-17(31)2)27-10-11-28-24(32)18-4-3-5-21(14-18)33-20-8-6-19(25)7-9-20/h3-9,12-15H,10-11H2,1-2H3,(H,28,32)(H,27,29,30). The van der Waals surface area contributed by atoms with Crippen LogP contribution < -0.4 is 15.4 Å². The highest BCUT2D eigenvalue weighted by molar-refractivity contribution is 5.94. The van der Waals surface area contributed by atoms with Crippen molar-refractivity contribution < 1.29 is 13.9 Å². The number of anilines is 1. The molecule has 0 saturated carbocycles. The van der Waals surface area contributed by atoms with E-state index in [2.05, 4.69) is 25.6 Å². The van der Waals surface area contributed by atoms with Gasteiger partial charge in [0.05, 0.1) is 0 Å². The fourth-order valence-corrected chi connectivity index (χ4v) is 3.19. The molecule has 0 fully saturated rings. The maximum Gasteiger partial charge on any atom is 0.251 e. The van der Waals surface area contributed by atoms with E-state index in [0.29, 0.717) is 41.8 Å². The Labute approximate surface area is 190 Å². The largest absolute Gasteiger partial charge is 0.457 e. The van der Waals surface area contributed by atoms with E-state index in [9.17, 15) is 9.18 Å². The molecule has 0 aliphatic heterocycles. The van der Waals surface area contributed by atoms with Crippen molar-refractivity contribution in [3.05, 3.63) is 90.0 Å². The van der Waals surface area contributed by atoms with E-state index in [4.69, 9.17) is 4.74 Å². The van der Waals surface area contributed by atoms with Gasteiger partial charge in [-0.2, -0.15) is 0 Å². The lowest BCUT2D eigenvalue weighted by Gasteiger charge is -2.11. The third-order valence-corrected chi connectivity index (χ3v) is 4.76. The molecule has 0 unspecified atom stereocenters. The van der Waals surface area contributed by atoms with Crippen molar-refractivity contribution in [3.63, 3.8) is 0 Å². The van der Waals surface area contributed by atoms with Crippen LogP contribution in [-0.4, -0.2) is 38.5 Å². The van der Waals surface area contributed by atoms with Crippen molar-refractivity contribution in [1.82, 2.24) is 24.8 Å². The topological polar surface area (TPSA) is 94.0 Å². The van der Waals surface area contributed by atoms with Gasteiger partial charge < -0.3 is 15.4 Å². The van der Waals surface area contributed by atoms with E-state index in [-0.39, 0.29) is 11.7 Å². The maximum atomic E-state index is 13.0. The van der Waals surface area contributed by atoms with Crippen LogP contribution in [0.4, 0.5) is 10.2 Å². The van der Waals surface area contributed by atoms with E-state index in [0.717, 1.165) is 11.6 Å². The summed E-state index contributed by atoms with van der Waals surface area (Å²) in [6.45, 7) is 4.60. The second-order valence-corrected chi connectivity index (χ2v) is 7.27. The summed E-state index contributed by atoms with van der Waals surface area (Å²) in [4.78, 5) is 25.6. The van der Waals surface area contributed by atoms with Crippen LogP contribution in [0.15, 0.2) is 67.0 Å². The van der Waals surface area contributed by atoms with Crippen LogP contribution in [0.1, 0.15) is 22.0 Å². The zero-order valence-corrected chi connectivity index (χ0v) is 18.2. The van der Waals surface area contributed by atoms with Gasteiger partial charge in [-0.3, -0.25) is 9.36 Å². The molecule has 33 heavy (non-hydrogen) atoms. The van der Waals surface area contributed by atoms with Crippen molar-refractivity contribution in [1.29, 1.82) is 0 Å². The molecule has 1 amide bonds. The van der Waals surface area contributed by atoms with Gasteiger partial charge in [0.2, 0.25) is 0 Å². The zero-order chi connectivity index (χ0) is 23.2. The van der Waals surface area contributed by atoms with Crippen LogP contribution >= 0.6 is 0 Å². The van der Waals surface area contributed by atoms with Crippen LogP contribution in [0.25, 0.3) is 5.82 Å². The molecule has 0 atom stereocenters. The van der Waals surface area contributed by atoms with Gasteiger partial charge in [0.15, 0.2) is 0 Å². The first kappa shape index (κ1) is 21.9. The molecular formula is C24H23FN6O2.